The Kier molecular flexibility index (Phi) is 3.49. The number of urea groups is 1. The van der Waals surface area contributed by atoms with Crippen molar-refractivity contribution in [3.8, 4) is 5.69 Å². The van der Waals surface area contributed by atoms with Crippen molar-refractivity contribution in [2.45, 2.75) is 6.92 Å². The number of rotatable bonds is 2. The molecule has 0 aliphatic rings. The number of hydrogen-bond donors (Lipinski definition) is 2. The number of carbonyl (C=O) groups excluding carboxylic acids is 1. The van der Waals surface area contributed by atoms with E-state index in [-0.39, 0.29) is 0 Å². The molecule has 5 nitrogen and oxygen atoms in total. The highest BCUT2D eigenvalue weighted by molar-refractivity contribution is 7.82. The predicted molar refractivity (Wildman–Crippen MR) is 74.4 cm³/mol. The molecule has 0 atom stereocenters. The number of carbonyl (C=O) groups is 1. The molecule has 0 radical (unpaired) electrons. The van der Waals surface area contributed by atoms with E-state index in [4.69, 9.17) is 17.3 Å². The van der Waals surface area contributed by atoms with Gasteiger partial charge in [-0.3, -0.25) is 0 Å². The predicted octanol–water partition coefficient (Wildman–Crippen LogP) is 2.56. The molecule has 0 saturated heterocycles. The van der Waals surface area contributed by atoms with Crippen LogP contribution >= 0.6 is 24.4 Å². The summed E-state index contributed by atoms with van der Waals surface area (Å²) in [7, 11) is 0. The van der Waals surface area contributed by atoms with Gasteiger partial charge in [-0.05, 0) is 25.1 Å². The lowest BCUT2D eigenvalue weighted by Gasteiger charge is -2.14. The average molecular weight is 283 g/mol. The zero-order valence-electron chi connectivity index (χ0n) is 9.54. The minimum atomic E-state index is -0.666. The summed E-state index contributed by atoms with van der Waals surface area (Å²) in [6.07, 6.45) is 3.52. The minimum absolute atomic E-state index is 0.477. The SMILES string of the molecule is Cc1cn(-c2ccc(N(S)C(N)=O)cc2Cl)cn1. The van der Waals surface area contributed by atoms with Crippen LogP contribution in [-0.4, -0.2) is 15.6 Å². The van der Waals surface area contributed by atoms with Crippen molar-refractivity contribution in [3.63, 3.8) is 0 Å². The van der Waals surface area contributed by atoms with E-state index >= 15 is 0 Å². The maximum absolute atomic E-state index is 11.0. The van der Waals surface area contributed by atoms with Crippen molar-refractivity contribution < 1.29 is 4.79 Å². The standard InChI is InChI=1S/C11H11ClN4OS/c1-7-5-15(6-14-7)10-3-2-8(4-9(10)12)16(18)11(13)17/h2-6,18H,1H3,(H2,13,17). The number of aryl methyl sites for hydroxylation is 1. The van der Waals surface area contributed by atoms with Gasteiger partial charge in [0.1, 0.15) is 0 Å². The lowest BCUT2D eigenvalue weighted by molar-refractivity contribution is 0.257. The molecule has 0 aliphatic heterocycles. The molecule has 7 heteroatoms. The molecule has 0 spiro atoms. The fraction of sp³-hybridized carbons (Fsp3) is 0.0909. The second kappa shape index (κ2) is 4.91. The Hall–Kier alpha value is -1.66. The van der Waals surface area contributed by atoms with Gasteiger partial charge < -0.3 is 10.3 Å². The van der Waals surface area contributed by atoms with Gasteiger partial charge in [-0.15, -0.1) is 0 Å². The van der Waals surface area contributed by atoms with Gasteiger partial charge in [-0.2, -0.15) is 0 Å². The number of thiol groups is 1. The number of amides is 2. The molecule has 0 saturated carbocycles. The molecule has 0 bridgehead atoms. The molecule has 94 valence electrons. The summed E-state index contributed by atoms with van der Waals surface area (Å²) >= 11 is 10.1. The van der Waals surface area contributed by atoms with Crippen molar-refractivity contribution >= 4 is 36.1 Å². The largest absolute Gasteiger partial charge is 0.350 e. The summed E-state index contributed by atoms with van der Waals surface area (Å²) in [5.41, 5.74) is 7.30. The van der Waals surface area contributed by atoms with Crippen molar-refractivity contribution in [1.29, 1.82) is 0 Å². The molecule has 0 unspecified atom stereocenters. The number of primary amides is 1. The van der Waals surface area contributed by atoms with Gasteiger partial charge in [0.15, 0.2) is 0 Å². The van der Waals surface area contributed by atoms with Crippen LogP contribution in [-0.2, 0) is 0 Å². The Morgan fingerprint density at radius 3 is 2.78 bits per heavy atom. The normalized spacial score (nSPS) is 10.4. The lowest BCUT2D eigenvalue weighted by Crippen LogP contribution is -2.27. The molecular formula is C11H11ClN4OS. The fourth-order valence-electron chi connectivity index (χ4n) is 1.52. The summed E-state index contributed by atoms with van der Waals surface area (Å²) < 4.78 is 2.82. The van der Waals surface area contributed by atoms with Crippen LogP contribution in [0.5, 0.6) is 0 Å². The summed E-state index contributed by atoms with van der Waals surface area (Å²) in [5.74, 6) is 0. The number of benzene rings is 1. The Labute approximate surface area is 115 Å². The van der Waals surface area contributed by atoms with Gasteiger partial charge in [-0.25, -0.2) is 14.1 Å². The highest BCUT2D eigenvalue weighted by atomic mass is 35.5. The van der Waals surface area contributed by atoms with E-state index < -0.39 is 6.03 Å². The Bertz CT molecular complexity index is 598. The summed E-state index contributed by atoms with van der Waals surface area (Å²) in [4.78, 5) is 15.1. The van der Waals surface area contributed by atoms with Gasteiger partial charge in [0, 0.05) is 6.20 Å². The molecule has 1 aromatic heterocycles. The number of imidazole rings is 1. The van der Waals surface area contributed by atoms with Crippen molar-refractivity contribution in [1.82, 2.24) is 9.55 Å². The monoisotopic (exact) mass is 282 g/mol. The number of nitrogens with zero attached hydrogens (tertiary/aromatic N) is 3. The van der Waals surface area contributed by atoms with E-state index in [1.165, 1.54) is 0 Å². The quantitative estimate of drug-likeness (QED) is 0.832. The van der Waals surface area contributed by atoms with Crippen LogP contribution in [0.25, 0.3) is 5.69 Å². The zero-order valence-corrected chi connectivity index (χ0v) is 11.2. The summed E-state index contributed by atoms with van der Waals surface area (Å²) in [5, 5.41) is 0.477. The van der Waals surface area contributed by atoms with Crippen LogP contribution in [0.4, 0.5) is 10.5 Å². The average Bonchev–Trinajstić information content (AvgIpc) is 2.74. The zero-order chi connectivity index (χ0) is 13.3. The Morgan fingerprint density at radius 1 is 1.56 bits per heavy atom. The molecule has 2 amide bonds. The van der Waals surface area contributed by atoms with E-state index in [0.717, 1.165) is 15.7 Å². The van der Waals surface area contributed by atoms with Crippen molar-refractivity contribution in [3.05, 3.63) is 41.4 Å². The second-order valence-corrected chi connectivity index (χ2v) is 4.52. The van der Waals surface area contributed by atoms with Crippen LogP contribution in [0.1, 0.15) is 5.69 Å². The molecule has 18 heavy (non-hydrogen) atoms. The van der Waals surface area contributed by atoms with Crippen LogP contribution < -0.4 is 10.0 Å². The number of nitrogens with two attached hydrogens (primary N) is 1. The number of hydrogen-bond acceptors (Lipinski definition) is 3. The molecule has 2 rings (SSSR count). The van der Waals surface area contributed by atoms with Crippen molar-refractivity contribution in [2.75, 3.05) is 4.31 Å². The maximum Gasteiger partial charge on any atom is 0.329 e. The first-order chi connectivity index (χ1) is 8.49. The highest BCUT2D eigenvalue weighted by Gasteiger charge is 2.11. The highest BCUT2D eigenvalue weighted by Crippen LogP contribution is 2.27. The van der Waals surface area contributed by atoms with E-state index in [1.54, 1.807) is 29.1 Å². The van der Waals surface area contributed by atoms with Crippen LogP contribution in [0.2, 0.25) is 5.02 Å². The Morgan fingerprint density at radius 2 is 2.28 bits per heavy atom. The van der Waals surface area contributed by atoms with Crippen molar-refractivity contribution in [2.24, 2.45) is 5.73 Å². The van der Waals surface area contributed by atoms with Crippen LogP contribution in [0.3, 0.4) is 0 Å². The molecule has 0 aliphatic carbocycles. The van der Waals surface area contributed by atoms with Crippen LogP contribution in [0.15, 0.2) is 30.7 Å². The fourth-order valence-corrected chi connectivity index (χ4v) is 1.91. The first-order valence-corrected chi connectivity index (χ1v) is 5.86. The van der Waals surface area contributed by atoms with Gasteiger partial charge >= 0.3 is 6.03 Å². The van der Waals surface area contributed by atoms with E-state index in [9.17, 15) is 4.79 Å². The maximum atomic E-state index is 11.0. The van der Waals surface area contributed by atoms with Gasteiger partial charge in [0.25, 0.3) is 0 Å². The molecule has 1 heterocycles. The van der Waals surface area contributed by atoms with E-state index in [0.29, 0.717) is 10.7 Å². The van der Waals surface area contributed by atoms with Gasteiger partial charge in [-0.1, -0.05) is 24.4 Å². The molecule has 0 fully saturated rings. The lowest BCUT2D eigenvalue weighted by atomic mass is 10.2. The van der Waals surface area contributed by atoms with E-state index in [2.05, 4.69) is 17.8 Å². The first-order valence-electron chi connectivity index (χ1n) is 5.08. The number of halogens is 1. The number of anilines is 1. The summed E-state index contributed by atoms with van der Waals surface area (Å²) in [6.45, 7) is 1.89. The van der Waals surface area contributed by atoms with Gasteiger partial charge in [0.2, 0.25) is 0 Å². The molecule has 1 aromatic carbocycles. The summed E-state index contributed by atoms with van der Waals surface area (Å²) in [6, 6.07) is 4.42. The Balaban J connectivity index is 2.39. The third-order valence-electron chi connectivity index (χ3n) is 2.37. The van der Waals surface area contributed by atoms with Crippen LogP contribution in [0, 0.1) is 6.92 Å². The number of aromatic nitrogens is 2. The second-order valence-electron chi connectivity index (χ2n) is 3.71. The van der Waals surface area contributed by atoms with Gasteiger partial charge in [0.05, 0.1) is 28.4 Å². The third kappa shape index (κ3) is 2.44. The smallest absolute Gasteiger partial charge is 0.329 e. The first kappa shape index (κ1) is 12.8. The molecular weight excluding hydrogens is 272 g/mol. The molecule has 2 aromatic rings. The minimum Gasteiger partial charge on any atom is -0.350 e. The van der Waals surface area contributed by atoms with E-state index in [1.807, 2.05) is 13.1 Å². The third-order valence-corrected chi connectivity index (χ3v) is 3.11. The topological polar surface area (TPSA) is 64.2 Å². The molecule has 2 N–H and O–H groups in total.